The Kier molecular flexibility index (Phi) is 5.91. The van der Waals surface area contributed by atoms with Gasteiger partial charge < -0.3 is 15.8 Å². The van der Waals surface area contributed by atoms with Crippen LogP contribution in [0, 0.1) is 26.2 Å². The minimum absolute atomic E-state index is 0.0282. The number of ether oxygens (including phenoxy) is 1. The van der Waals surface area contributed by atoms with Gasteiger partial charge in [0.2, 0.25) is 0 Å². The molecule has 0 heterocycles. The smallest absolute Gasteiger partial charge is 0.258 e. The highest BCUT2D eigenvalue weighted by atomic mass is 16.5. The minimum atomic E-state index is -0.220. The molecule has 0 aromatic heterocycles. The fraction of sp³-hybridized carbons (Fsp3) is 0.400. The molecule has 4 nitrogen and oxygen atoms in total. The Morgan fingerprint density at radius 3 is 2.58 bits per heavy atom. The summed E-state index contributed by atoms with van der Waals surface area (Å²) in [5.74, 6) is 2.87. The molecule has 102 valence electrons. The Morgan fingerprint density at radius 1 is 1.42 bits per heavy atom. The highest BCUT2D eigenvalue weighted by molar-refractivity contribution is 5.77. The number of benzene rings is 1. The van der Waals surface area contributed by atoms with E-state index in [1.807, 2.05) is 26.0 Å². The number of hydrogen-bond acceptors (Lipinski definition) is 3. The number of rotatable bonds is 6. The zero-order valence-electron chi connectivity index (χ0n) is 11.5. The fourth-order valence-corrected chi connectivity index (χ4v) is 1.92. The van der Waals surface area contributed by atoms with Gasteiger partial charge in [0.05, 0.1) is 6.54 Å². The maximum Gasteiger partial charge on any atom is 0.258 e. The van der Waals surface area contributed by atoms with E-state index >= 15 is 0 Å². The monoisotopic (exact) mass is 260 g/mol. The molecule has 0 spiro atoms. The summed E-state index contributed by atoms with van der Waals surface area (Å²) in [6.07, 6.45) is 5.90. The predicted molar refractivity (Wildman–Crippen MR) is 76.0 cm³/mol. The van der Waals surface area contributed by atoms with Crippen LogP contribution in [0.1, 0.15) is 16.7 Å². The zero-order chi connectivity index (χ0) is 14.3. The first-order valence-corrected chi connectivity index (χ1v) is 6.21. The lowest BCUT2D eigenvalue weighted by atomic mass is 10.0. The van der Waals surface area contributed by atoms with Gasteiger partial charge in [-0.05, 0) is 43.5 Å². The predicted octanol–water partition coefficient (Wildman–Crippen LogP) is 0.933. The van der Waals surface area contributed by atoms with Gasteiger partial charge in [0.15, 0.2) is 6.61 Å². The molecular formula is C15H20N2O2. The van der Waals surface area contributed by atoms with Gasteiger partial charge in [0.1, 0.15) is 5.75 Å². The van der Waals surface area contributed by atoms with Gasteiger partial charge in [-0.3, -0.25) is 4.79 Å². The largest absolute Gasteiger partial charge is 0.483 e. The van der Waals surface area contributed by atoms with E-state index in [2.05, 4.69) is 11.2 Å². The number of nitrogens with two attached hydrogens (primary N) is 1. The first-order valence-electron chi connectivity index (χ1n) is 6.21. The van der Waals surface area contributed by atoms with Crippen molar-refractivity contribution in [3.05, 3.63) is 28.8 Å². The molecule has 0 bridgehead atoms. The molecule has 0 fully saturated rings. The van der Waals surface area contributed by atoms with E-state index < -0.39 is 0 Å². The molecule has 0 radical (unpaired) electrons. The Balaban J connectivity index is 2.69. The molecule has 3 N–H and O–H groups in total. The van der Waals surface area contributed by atoms with E-state index in [9.17, 15) is 4.79 Å². The number of nitrogens with one attached hydrogen (secondary N) is 1. The third-order valence-electron chi connectivity index (χ3n) is 2.69. The summed E-state index contributed by atoms with van der Waals surface area (Å²) >= 11 is 0. The van der Waals surface area contributed by atoms with Crippen molar-refractivity contribution in [1.29, 1.82) is 0 Å². The summed E-state index contributed by atoms with van der Waals surface area (Å²) in [5, 5.41) is 2.56. The highest BCUT2D eigenvalue weighted by Gasteiger charge is 2.08. The molecule has 0 unspecified atom stereocenters. The Morgan fingerprint density at radius 2 is 2.05 bits per heavy atom. The minimum Gasteiger partial charge on any atom is -0.483 e. The summed E-state index contributed by atoms with van der Waals surface area (Å²) in [6, 6.07) is 4.07. The number of terminal acetylenes is 1. The fourth-order valence-electron chi connectivity index (χ4n) is 1.92. The molecule has 1 rings (SSSR count). The van der Waals surface area contributed by atoms with Crippen molar-refractivity contribution in [2.75, 3.05) is 19.7 Å². The second-order valence-electron chi connectivity index (χ2n) is 4.37. The van der Waals surface area contributed by atoms with Gasteiger partial charge in [0, 0.05) is 0 Å². The van der Waals surface area contributed by atoms with Crippen molar-refractivity contribution in [3.8, 4) is 18.1 Å². The van der Waals surface area contributed by atoms with E-state index in [0.29, 0.717) is 6.54 Å². The lowest BCUT2D eigenvalue weighted by molar-refractivity contribution is -0.122. The van der Waals surface area contributed by atoms with Crippen molar-refractivity contribution in [3.63, 3.8) is 0 Å². The van der Waals surface area contributed by atoms with Crippen LogP contribution in [-0.4, -0.2) is 25.6 Å². The number of hydrogen-bond donors (Lipinski definition) is 2. The average molecular weight is 260 g/mol. The van der Waals surface area contributed by atoms with Crippen LogP contribution >= 0.6 is 0 Å². The lowest BCUT2D eigenvalue weighted by Crippen LogP contribution is -2.29. The van der Waals surface area contributed by atoms with E-state index in [1.165, 1.54) is 5.56 Å². The Hall–Kier alpha value is -1.99. The summed E-state index contributed by atoms with van der Waals surface area (Å²) in [5.41, 5.74) is 8.74. The summed E-state index contributed by atoms with van der Waals surface area (Å²) < 4.78 is 5.55. The van der Waals surface area contributed by atoms with Crippen LogP contribution in [0.2, 0.25) is 0 Å². The van der Waals surface area contributed by atoms with E-state index in [4.69, 9.17) is 16.9 Å². The maximum atomic E-state index is 11.4. The normalized spacial score (nSPS) is 9.79. The van der Waals surface area contributed by atoms with Gasteiger partial charge in [-0.15, -0.1) is 6.42 Å². The van der Waals surface area contributed by atoms with Crippen LogP contribution in [0.4, 0.5) is 0 Å². The SMILES string of the molecule is C#CCNC(=O)COc1c(C)cc(CCN)cc1C. The Labute approximate surface area is 114 Å². The van der Waals surface area contributed by atoms with Crippen molar-refractivity contribution < 1.29 is 9.53 Å². The average Bonchev–Trinajstić information content (AvgIpc) is 2.35. The second-order valence-corrected chi connectivity index (χ2v) is 4.37. The van der Waals surface area contributed by atoms with Gasteiger partial charge in [0.25, 0.3) is 5.91 Å². The summed E-state index contributed by atoms with van der Waals surface area (Å²) in [4.78, 5) is 11.4. The van der Waals surface area contributed by atoms with Gasteiger partial charge >= 0.3 is 0 Å². The Bertz CT molecular complexity index is 466. The van der Waals surface area contributed by atoms with Gasteiger partial charge in [-0.25, -0.2) is 0 Å². The van der Waals surface area contributed by atoms with Crippen molar-refractivity contribution >= 4 is 5.91 Å². The number of aryl methyl sites for hydroxylation is 2. The van der Waals surface area contributed by atoms with Gasteiger partial charge in [-0.1, -0.05) is 18.1 Å². The van der Waals surface area contributed by atoms with Crippen LogP contribution in [0.3, 0.4) is 0 Å². The first kappa shape index (κ1) is 15.1. The van der Waals surface area contributed by atoms with E-state index in [1.54, 1.807) is 0 Å². The summed E-state index contributed by atoms with van der Waals surface area (Å²) in [7, 11) is 0. The molecule has 1 aromatic rings. The maximum absolute atomic E-state index is 11.4. The van der Waals surface area contributed by atoms with Crippen molar-refractivity contribution in [2.24, 2.45) is 5.73 Å². The second kappa shape index (κ2) is 7.45. The molecular weight excluding hydrogens is 240 g/mol. The topological polar surface area (TPSA) is 64.3 Å². The van der Waals surface area contributed by atoms with Crippen LogP contribution in [-0.2, 0) is 11.2 Å². The highest BCUT2D eigenvalue weighted by Crippen LogP contribution is 2.24. The molecule has 0 aliphatic heterocycles. The van der Waals surface area contributed by atoms with E-state index in [0.717, 1.165) is 23.3 Å². The third kappa shape index (κ3) is 4.65. The van der Waals surface area contributed by atoms with Crippen molar-refractivity contribution in [1.82, 2.24) is 5.32 Å². The zero-order valence-corrected chi connectivity index (χ0v) is 11.5. The van der Waals surface area contributed by atoms with Crippen LogP contribution in [0.25, 0.3) is 0 Å². The molecule has 0 saturated heterocycles. The van der Waals surface area contributed by atoms with E-state index in [-0.39, 0.29) is 19.1 Å². The number of carbonyl (C=O) groups is 1. The quantitative estimate of drug-likeness (QED) is 0.748. The molecule has 1 aromatic carbocycles. The van der Waals surface area contributed by atoms with Crippen LogP contribution in [0.5, 0.6) is 5.75 Å². The molecule has 0 saturated carbocycles. The molecule has 0 atom stereocenters. The molecule has 19 heavy (non-hydrogen) atoms. The summed E-state index contributed by atoms with van der Waals surface area (Å²) in [6.45, 7) is 4.73. The third-order valence-corrected chi connectivity index (χ3v) is 2.69. The van der Waals surface area contributed by atoms with Crippen LogP contribution < -0.4 is 15.8 Å². The number of amides is 1. The number of carbonyl (C=O) groups excluding carboxylic acids is 1. The van der Waals surface area contributed by atoms with Crippen LogP contribution in [0.15, 0.2) is 12.1 Å². The molecule has 0 aliphatic rings. The standard InChI is InChI=1S/C15H20N2O2/c1-4-7-17-14(18)10-19-15-11(2)8-13(5-6-16)9-12(15)3/h1,8-9H,5-7,10,16H2,2-3H3,(H,17,18). The molecule has 4 heteroatoms. The lowest BCUT2D eigenvalue weighted by Gasteiger charge is -2.13. The van der Waals surface area contributed by atoms with Gasteiger partial charge in [-0.2, -0.15) is 0 Å². The van der Waals surface area contributed by atoms with Crippen molar-refractivity contribution in [2.45, 2.75) is 20.3 Å². The first-order chi connectivity index (χ1) is 9.08. The molecule has 0 aliphatic carbocycles. The molecule has 1 amide bonds.